The minimum atomic E-state index is -1.50. The largest absolute Gasteiger partial charge is 0.512 e. The van der Waals surface area contributed by atoms with Crippen molar-refractivity contribution in [2.75, 3.05) is 5.73 Å². The zero-order chi connectivity index (χ0) is 12.4. The summed E-state index contributed by atoms with van der Waals surface area (Å²) in [4.78, 5) is 10.5. The van der Waals surface area contributed by atoms with E-state index in [0.29, 0.717) is 10.6 Å². The van der Waals surface area contributed by atoms with Crippen molar-refractivity contribution in [2.24, 2.45) is 0 Å². The molecule has 0 amide bonds. The summed E-state index contributed by atoms with van der Waals surface area (Å²) in [5, 5.41) is 12.4. The van der Waals surface area contributed by atoms with Crippen LogP contribution in [0.3, 0.4) is 0 Å². The van der Waals surface area contributed by atoms with Crippen molar-refractivity contribution >= 4 is 23.6 Å². The first-order valence-corrected chi connectivity index (χ1v) is 4.87. The Bertz CT molecular complexity index is 567. The van der Waals surface area contributed by atoms with Gasteiger partial charge in [-0.05, 0) is 22.9 Å². The fourth-order valence-corrected chi connectivity index (χ4v) is 1.54. The van der Waals surface area contributed by atoms with Crippen LogP contribution in [0.1, 0.15) is 0 Å². The second-order valence-electron chi connectivity index (χ2n) is 3.11. The smallest absolute Gasteiger partial charge is 0.449 e. The number of nitrogens with two attached hydrogens (primary N) is 1. The fourth-order valence-electron chi connectivity index (χ4n) is 1.35. The fraction of sp³-hybridized carbons (Fsp3) is 0. The lowest BCUT2D eigenvalue weighted by Crippen LogP contribution is -2.04. The van der Waals surface area contributed by atoms with Gasteiger partial charge < -0.3 is 20.1 Å². The summed E-state index contributed by atoms with van der Waals surface area (Å²) in [6.07, 6.45) is -1.50. The lowest BCUT2D eigenvalue weighted by atomic mass is 10.1. The van der Waals surface area contributed by atoms with Gasteiger partial charge in [-0.3, -0.25) is 0 Å². The Morgan fingerprint density at radius 3 is 2.94 bits per heavy atom. The van der Waals surface area contributed by atoms with Gasteiger partial charge in [0.2, 0.25) is 5.88 Å². The Labute approximate surface area is 101 Å². The standard InChI is InChI=1S/C10H7ClN2O4/c11-6-3-1-2-5(4-6)7-8(12)17-13-9(7)16-10(14)15/h1-4H,12H2,(H,14,15). The summed E-state index contributed by atoms with van der Waals surface area (Å²) < 4.78 is 9.14. The Morgan fingerprint density at radius 1 is 1.53 bits per heavy atom. The molecule has 1 aromatic carbocycles. The maximum absolute atomic E-state index is 10.5. The maximum Gasteiger partial charge on any atom is 0.512 e. The van der Waals surface area contributed by atoms with E-state index in [4.69, 9.17) is 22.4 Å². The molecule has 0 bridgehead atoms. The molecule has 7 heteroatoms. The molecular weight excluding hydrogens is 248 g/mol. The number of carbonyl (C=O) groups is 1. The molecule has 0 aliphatic rings. The van der Waals surface area contributed by atoms with Crippen LogP contribution >= 0.6 is 11.6 Å². The van der Waals surface area contributed by atoms with Gasteiger partial charge in [-0.1, -0.05) is 23.7 Å². The van der Waals surface area contributed by atoms with Gasteiger partial charge in [0, 0.05) is 5.02 Å². The molecule has 0 saturated heterocycles. The summed E-state index contributed by atoms with van der Waals surface area (Å²) >= 11 is 5.82. The summed E-state index contributed by atoms with van der Waals surface area (Å²) in [6.45, 7) is 0. The maximum atomic E-state index is 10.5. The van der Waals surface area contributed by atoms with E-state index in [-0.39, 0.29) is 17.3 Å². The normalized spacial score (nSPS) is 10.2. The molecule has 88 valence electrons. The first-order chi connectivity index (χ1) is 8.08. The highest BCUT2D eigenvalue weighted by Crippen LogP contribution is 2.35. The zero-order valence-corrected chi connectivity index (χ0v) is 9.14. The molecule has 1 heterocycles. The van der Waals surface area contributed by atoms with Crippen LogP contribution in [-0.4, -0.2) is 16.4 Å². The van der Waals surface area contributed by atoms with E-state index in [1.807, 2.05) is 0 Å². The van der Waals surface area contributed by atoms with E-state index in [9.17, 15) is 4.79 Å². The molecular formula is C10H7ClN2O4. The van der Waals surface area contributed by atoms with Crippen molar-refractivity contribution < 1.29 is 19.2 Å². The number of benzene rings is 1. The van der Waals surface area contributed by atoms with Crippen molar-refractivity contribution in [3.05, 3.63) is 29.3 Å². The van der Waals surface area contributed by atoms with Crippen LogP contribution < -0.4 is 10.5 Å². The van der Waals surface area contributed by atoms with Crippen molar-refractivity contribution in [3.63, 3.8) is 0 Å². The number of nitrogens with zero attached hydrogens (tertiary/aromatic N) is 1. The minimum Gasteiger partial charge on any atom is -0.449 e. The monoisotopic (exact) mass is 254 g/mol. The van der Waals surface area contributed by atoms with Crippen molar-refractivity contribution in [1.29, 1.82) is 0 Å². The van der Waals surface area contributed by atoms with E-state index < -0.39 is 6.16 Å². The zero-order valence-electron chi connectivity index (χ0n) is 8.38. The molecule has 0 saturated carbocycles. The summed E-state index contributed by atoms with van der Waals surface area (Å²) in [5.41, 5.74) is 6.38. The highest BCUT2D eigenvalue weighted by atomic mass is 35.5. The van der Waals surface area contributed by atoms with Gasteiger partial charge in [0.05, 0.1) is 0 Å². The van der Waals surface area contributed by atoms with Crippen molar-refractivity contribution in [3.8, 4) is 17.0 Å². The Morgan fingerprint density at radius 2 is 2.29 bits per heavy atom. The van der Waals surface area contributed by atoms with Gasteiger partial charge >= 0.3 is 6.16 Å². The van der Waals surface area contributed by atoms with Gasteiger partial charge in [-0.15, -0.1) is 0 Å². The average Bonchev–Trinajstić information content (AvgIpc) is 2.59. The van der Waals surface area contributed by atoms with Gasteiger partial charge in [0.25, 0.3) is 5.88 Å². The Hall–Kier alpha value is -2.21. The number of hydrogen-bond acceptors (Lipinski definition) is 5. The number of aromatic nitrogens is 1. The third-order valence-corrected chi connectivity index (χ3v) is 2.22. The van der Waals surface area contributed by atoms with Gasteiger partial charge in [0.1, 0.15) is 5.56 Å². The third-order valence-electron chi connectivity index (χ3n) is 1.98. The summed E-state index contributed by atoms with van der Waals surface area (Å²) in [7, 11) is 0. The second-order valence-corrected chi connectivity index (χ2v) is 3.54. The number of carboxylic acid groups (broad SMARTS) is 1. The molecule has 2 aromatic rings. The summed E-state index contributed by atoms with van der Waals surface area (Å²) in [5.74, 6) is -0.249. The lowest BCUT2D eigenvalue weighted by molar-refractivity contribution is 0.140. The minimum absolute atomic E-state index is 0.0384. The first kappa shape index (κ1) is 11.3. The average molecular weight is 255 g/mol. The van der Waals surface area contributed by atoms with E-state index in [2.05, 4.69) is 14.4 Å². The predicted molar refractivity (Wildman–Crippen MR) is 60.0 cm³/mol. The molecule has 0 unspecified atom stereocenters. The van der Waals surface area contributed by atoms with Crippen LogP contribution in [0.25, 0.3) is 11.1 Å². The molecule has 0 spiro atoms. The van der Waals surface area contributed by atoms with Gasteiger partial charge in [0.15, 0.2) is 0 Å². The van der Waals surface area contributed by atoms with E-state index in [1.54, 1.807) is 24.3 Å². The van der Waals surface area contributed by atoms with Crippen LogP contribution in [0.4, 0.5) is 10.7 Å². The van der Waals surface area contributed by atoms with E-state index >= 15 is 0 Å². The van der Waals surface area contributed by atoms with Gasteiger partial charge in [-0.2, -0.15) is 0 Å². The van der Waals surface area contributed by atoms with Crippen LogP contribution in [0, 0.1) is 0 Å². The topological polar surface area (TPSA) is 98.6 Å². The van der Waals surface area contributed by atoms with Crippen LogP contribution in [0.5, 0.6) is 5.88 Å². The summed E-state index contributed by atoms with van der Waals surface area (Å²) in [6, 6.07) is 6.64. The lowest BCUT2D eigenvalue weighted by Gasteiger charge is -2.01. The van der Waals surface area contributed by atoms with Crippen LogP contribution in [0.2, 0.25) is 5.02 Å². The molecule has 1 aromatic heterocycles. The number of hydrogen-bond donors (Lipinski definition) is 2. The number of ether oxygens (including phenoxy) is 1. The van der Waals surface area contributed by atoms with Crippen LogP contribution in [0.15, 0.2) is 28.8 Å². The van der Waals surface area contributed by atoms with E-state index in [1.165, 1.54) is 0 Å². The number of halogens is 1. The molecule has 0 radical (unpaired) electrons. The SMILES string of the molecule is Nc1onc(OC(=O)O)c1-c1cccc(Cl)c1. The first-order valence-electron chi connectivity index (χ1n) is 4.50. The molecule has 17 heavy (non-hydrogen) atoms. The number of rotatable bonds is 2. The molecule has 0 fully saturated rings. The van der Waals surface area contributed by atoms with Crippen molar-refractivity contribution in [1.82, 2.24) is 5.16 Å². The Kier molecular flexibility index (Phi) is 2.88. The van der Waals surface area contributed by atoms with Gasteiger partial charge in [-0.25, -0.2) is 4.79 Å². The van der Waals surface area contributed by atoms with Crippen LogP contribution in [-0.2, 0) is 0 Å². The molecule has 6 nitrogen and oxygen atoms in total. The molecule has 3 N–H and O–H groups in total. The molecule has 0 aliphatic heterocycles. The molecule has 2 rings (SSSR count). The highest BCUT2D eigenvalue weighted by Gasteiger charge is 2.19. The van der Waals surface area contributed by atoms with E-state index in [0.717, 1.165) is 0 Å². The number of anilines is 1. The van der Waals surface area contributed by atoms with Crippen molar-refractivity contribution in [2.45, 2.75) is 0 Å². The third kappa shape index (κ3) is 2.31. The second kappa shape index (κ2) is 4.34. The highest BCUT2D eigenvalue weighted by molar-refractivity contribution is 6.30. The number of nitrogen functional groups attached to an aromatic ring is 1. The predicted octanol–water partition coefficient (Wildman–Crippen LogP) is 2.63. The molecule has 0 atom stereocenters. The quantitative estimate of drug-likeness (QED) is 0.799. The molecule has 0 aliphatic carbocycles. The Balaban J connectivity index is 2.50.